The molecular weight excluding hydrogens is 407 g/mol. The molecule has 5 nitrogen and oxygen atoms in total. The number of hydrogen-bond donors (Lipinski definition) is 0. The molecule has 31 heavy (non-hydrogen) atoms. The summed E-state index contributed by atoms with van der Waals surface area (Å²) in [6, 6.07) is 12.3. The van der Waals surface area contributed by atoms with Crippen LogP contribution >= 0.6 is 0 Å². The van der Waals surface area contributed by atoms with E-state index in [9.17, 15) is 22.8 Å². The topological polar surface area (TPSA) is 43.9 Å². The number of para-hydroxylation sites is 1. The summed E-state index contributed by atoms with van der Waals surface area (Å²) >= 11 is 0. The lowest BCUT2D eigenvalue weighted by Crippen LogP contribution is -2.47. The van der Waals surface area contributed by atoms with Gasteiger partial charge in [-0.25, -0.2) is 0 Å². The second-order valence-corrected chi connectivity index (χ2v) is 7.37. The third kappa shape index (κ3) is 4.28. The Labute approximate surface area is 178 Å². The van der Waals surface area contributed by atoms with E-state index in [0.29, 0.717) is 43.9 Å². The summed E-state index contributed by atoms with van der Waals surface area (Å²) in [7, 11) is 0. The highest BCUT2D eigenvalue weighted by Crippen LogP contribution is 2.36. The summed E-state index contributed by atoms with van der Waals surface area (Å²) in [5.41, 5.74) is 0.365. The molecule has 1 fully saturated rings. The molecule has 0 saturated carbocycles. The number of nitrogens with zero attached hydrogens (tertiary/aromatic N) is 3. The zero-order valence-electron chi connectivity index (χ0n) is 16.7. The molecule has 0 spiro atoms. The largest absolute Gasteiger partial charge is 0.418 e. The van der Waals surface area contributed by atoms with Gasteiger partial charge in [-0.05, 0) is 24.3 Å². The first-order valence-corrected chi connectivity index (χ1v) is 9.91. The van der Waals surface area contributed by atoms with Crippen LogP contribution in [0.25, 0.3) is 0 Å². The lowest BCUT2D eigenvalue weighted by molar-refractivity contribution is -0.137. The molecule has 2 aromatic carbocycles. The molecule has 0 atom stereocenters. The highest BCUT2D eigenvalue weighted by Gasteiger charge is 2.35. The minimum absolute atomic E-state index is 0.0191. The van der Waals surface area contributed by atoms with Gasteiger partial charge in [-0.15, -0.1) is 0 Å². The van der Waals surface area contributed by atoms with Crippen LogP contribution in [0.2, 0.25) is 0 Å². The number of rotatable bonds is 3. The summed E-state index contributed by atoms with van der Waals surface area (Å²) in [6.45, 7) is 2.53. The Morgan fingerprint density at radius 3 is 1.94 bits per heavy atom. The van der Waals surface area contributed by atoms with Crippen LogP contribution in [0.4, 0.5) is 18.9 Å². The quantitative estimate of drug-likeness (QED) is 0.558. The summed E-state index contributed by atoms with van der Waals surface area (Å²) in [4.78, 5) is 29.5. The van der Waals surface area contributed by atoms with Crippen molar-refractivity contribution in [3.05, 3.63) is 65.2 Å². The number of imide groups is 1. The van der Waals surface area contributed by atoms with Gasteiger partial charge in [-0.1, -0.05) is 36.1 Å². The second-order valence-electron chi connectivity index (χ2n) is 7.37. The maximum Gasteiger partial charge on any atom is 0.418 e. The highest BCUT2D eigenvalue weighted by atomic mass is 19.4. The number of benzene rings is 2. The molecule has 0 aliphatic carbocycles. The van der Waals surface area contributed by atoms with E-state index in [0.717, 1.165) is 11.0 Å². The van der Waals surface area contributed by atoms with Crippen molar-refractivity contribution in [2.24, 2.45) is 0 Å². The van der Waals surface area contributed by atoms with E-state index in [1.807, 2.05) is 4.90 Å². The zero-order chi connectivity index (χ0) is 22.0. The van der Waals surface area contributed by atoms with Gasteiger partial charge in [-0.3, -0.25) is 19.4 Å². The second kappa shape index (κ2) is 8.44. The molecule has 2 amide bonds. The van der Waals surface area contributed by atoms with E-state index in [2.05, 4.69) is 11.8 Å². The number of fused-ring (bicyclic) bond motifs is 1. The summed E-state index contributed by atoms with van der Waals surface area (Å²) in [5.74, 6) is 5.16. The number of carbonyl (C=O) groups is 2. The number of carbonyl (C=O) groups excluding carboxylic acids is 2. The van der Waals surface area contributed by atoms with Crippen molar-refractivity contribution >= 4 is 17.5 Å². The summed E-state index contributed by atoms with van der Waals surface area (Å²) < 4.78 is 39.7. The van der Waals surface area contributed by atoms with Gasteiger partial charge in [0.05, 0.1) is 29.8 Å². The van der Waals surface area contributed by atoms with Gasteiger partial charge in [0.2, 0.25) is 0 Å². The van der Waals surface area contributed by atoms with Gasteiger partial charge in [0.25, 0.3) is 11.8 Å². The average molecular weight is 427 g/mol. The first kappa shape index (κ1) is 20.9. The Bertz CT molecular complexity index is 1030. The van der Waals surface area contributed by atoms with E-state index in [4.69, 9.17) is 0 Å². The van der Waals surface area contributed by atoms with Crippen molar-refractivity contribution in [1.29, 1.82) is 0 Å². The van der Waals surface area contributed by atoms with E-state index in [1.54, 1.807) is 35.2 Å². The van der Waals surface area contributed by atoms with E-state index in [-0.39, 0.29) is 24.0 Å². The number of anilines is 1. The van der Waals surface area contributed by atoms with Crippen molar-refractivity contribution in [2.75, 3.05) is 44.2 Å². The van der Waals surface area contributed by atoms with Crippen LogP contribution in [0.3, 0.4) is 0 Å². The third-order valence-corrected chi connectivity index (χ3v) is 5.47. The van der Waals surface area contributed by atoms with Gasteiger partial charge >= 0.3 is 6.18 Å². The molecule has 0 radical (unpaired) electrons. The molecule has 2 heterocycles. The Balaban J connectivity index is 1.30. The lowest BCUT2D eigenvalue weighted by Gasteiger charge is -2.36. The van der Waals surface area contributed by atoms with Crippen LogP contribution in [0.1, 0.15) is 26.3 Å². The molecule has 2 aliphatic heterocycles. The lowest BCUT2D eigenvalue weighted by atomic mass is 10.1. The minimum atomic E-state index is -4.39. The normalized spacial score (nSPS) is 16.9. The Morgan fingerprint density at radius 1 is 0.774 bits per heavy atom. The van der Waals surface area contributed by atoms with Crippen LogP contribution < -0.4 is 4.90 Å². The fourth-order valence-corrected chi connectivity index (χ4v) is 3.82. The van der Waals surface area contributed by atoms with Gasteiger partial charge in [0.1, 0.15) is 0 Å². The van der Waals surface area contributed by atoms with Gasteiger partial charge in [-0.2, -0.15) is 13.2 Å². The average Bonchev–Trinajstić information content (AvgIpc) is 3.01. The fraction of sp³-hybridized carbons (Fsp3) is 0.304. The molecule has 8 heteroatoms. The van der Waals surface area contributed by atoms with Crippen LogP contribution in [-0.4, -0.2) is 60.9 Å². The fourth-order valence-electron chi connectivity index (χ4n) is 3.82. The van der Waals surface area contributed by atoms with Crippen molar-refractivity contribution in [1.82, 2.24) is 9.80 Å². The molecule has 160 valence electrons. The minimum Gasteiger partial charge on any atom is -0.368 e. The summed E-state index contributed by atoms with van der Waals surface area (Å²) in [5, 5.41) is 0. The maximum absolute atomic E-state index is 13.2. The molecule has 0 N–H and O–H groups in total. The van der Waals surface area contributed by atoms with Crippen LogP contribution in [0.15, 0.2) is 48.5 Å². The molecule has 4 rings (SSSR count). The van der Waals surface area contributed by atoms with Gasteiger partial charge in [0.15, 0.2) is 0 Å². The highest BCUT2D eigenvalue weighted by molar-refractivity contribution is 6.21. The van der Waals surface area contributed by atoms with Crippen molar-refractivity contribution in [2.45, 2.75) is 6.18 Å². The van der Waals surface area contributed by atoms with E-state index < -0.39 is 11.7 Å². The molecule has 0 bridgehead atoms. The van der Waals surface area contributed by atoms with Crippen molar-refractivity contribution < 1.29 is 22.8 Å². The molecular formula is C23H20F3N3O2. The number of piperazine rings is 1. The Hall–Kier alpha value is -3.31. The monoisotopic (exact) mass is 427 g/mol. The molecule has 0 unspecified atom stereocenters. The van der Waals surface area contributed by atoms with Crippen LogP contribution in [-0.2, 0) is 6.18 Å². The van der Waals surface area contributed by atoms with Gasteiger partial charge in [0, 0.05) is 31.9 Å². The molecule has 1 saturated heterocycles. The predicted octanol–water partition coefficient (Wildman–Crippen LogP) is 3.13. The summed E-state index contributed by atoms with van der Waals surface area (Å²) in [6.07, 6.45) is -4.39. The van der Waals surface area contributed by atoms with Gasteiger partial charge < -0.3 is 4.90 Å². The smallest absolute Gasteiger partial charge is 0.368 e. The molecule has 2 aliphatic rings. The third-order valence-electron chi connectivity index (χ3n) is 5.47. The SMILES string of the molecule is O=C1c2ccccc2C(=O)N1CC#CCN1CCN(c2ccccc2C(F)(F)F)CC1. The van der Waals surface area contributed by atoms with Crippen molar-refractivity contribution in [3.63, 3.8) is 0 Å². The maximum atomic E-state index is 13.2. The predicted molar refractivity (Wildman–Crippen MR) is 110 cm³/mol. The number of amides is 2. The van der Waals surface area contributed by atoms with Crippen LogP contribution in [0, 0.1) is 11.8 Å². The molecule has 2 aromatic rings. The van der Waals surface area contributed by atoms with Crippen molar-refractivity contribution in [3.8, 4) is 11.8 Å². The number of halogens is 3. The first-order chi connectivity index (χ1) is 14.9. The Kier molecular flexibility index (Phi) is 5.70. The number of hydrogen-bond acceptors (Lipinski definition) is 4. The molecule has 0 aromatic heterocycles. The Morgan fingerprint density at radius 2 is 1.32 bits per heavy atom. The van der Waals surface area contributed by atoms with Crippen LogP contribution in [0.5, 0.6) is 0 Å². The van der Waals surface area contributed by atoms with E-state index in [1.165, 1.54) is 12.1 Å². The number of alkyl halides is 3. The standard InChI is InChI=1S/C23H20F3N3O2/c24-23(25,26)19-9-3-4-10-20(19)28-15-13-27(14-16-28)11-5-6-12-29-21(30)17-7-1-2-8-18(17)22(29)31/h1-4,7-10H,11-16H2. The van der Waals surface area contributed by atoms with E-state index >= 15 is 0 Å². The first-order valence-electron chi connectivity index (χ1n) is 9.91. The zero-order valence-corrected chi connectivity index (χ0v) is 16.7.